The smallest absolute Gasteiger partial charge is 0.264 e. The molecule has 0 N–H and O–H groups in total. The van der Waals surface area contributed by atoms with Crippen molar-refractivity contribution in [2.45, 2.75) is 32.2 Å². The van der Waals surface area contributed by atoms with Crippen LogP contribution in [0, 0.1) is 0 Å². The maximum Gasteiger partial charge on any atom is 0.264 e. The van der Waals surface area contributed by atoms with Crippen LogP contribution in [-0.4, -0.2) is 37.1 Å². The zero-order chi connectivity index (χ0) is 12.4. The lowest BCUT2D eigenvalue weighted by molar-refractivity contribution is 0.0206. The second-order valence-electron chi connectivity index (χ2n) is 4.75. The molecule has 1 unspecified atom stereocenters. The first-order chi connectivity index (χ1) is 8.13. The number of methoxy groups -OCH3 is 1. The normalized spacial score (nSPS) is 19.5. The molecule has 0 spiro atoms. The number of hydrogen-bond acceptors (Lipinski definition) is 3. The molecular weight excluding hydrogens is 234 g/mol. The highest BCUT2D eigenvalue weighted by Crippen LogP contribution is 2.28. The first kappa shape index (κ1) is 12.6. The zero-order valence-corrected chi connectivity index (χ0v) is 11.4. The first-order valence-electron chi connectivity index (χ1n) is 6.03. The van der Waals surface area contributed by atoms with E-state index in [2.05, 4.69) is 19.9 Å². The van der Waals surface area contributed by atoms with Crippen molar-refractivity contribution in [1.29, 1.82) is 0 Å². The van der Waals surface area contributed by atoms with Crippen LogP contribution < -0.4 is 0 Å². The standard InChI is InChI=1S/C13H19NO2S/c1-9(2)11-4-5-12(17-11)13(15)14-7-6-10(14)8-16-3/h4-5,9-10H,6-8H2,1-3H3. The second kappa shape index (κ2) is 5.19. The topological polar surface area (TPSA) is 29.5 Å². The van der Waals surface area contributed by atoms with Gasteiger partial charge in [-0.15, -0.1) is 11.3 Å². The van der Waals surface area contributed by atoms with E-state index < -0.39 is 0 Å². The lowest BCUT2D eigenvalue weighted by Crippen LogP contribution is -2.53. The van der Waals surface area contributed by atoms with Gasteiger partial charge in [-0.3, -0.25) is 4.79 Å². The number of carbonyl (C=O) groups excluding carboxylic acids is 1. The van der Waals surface area contributed by atoms with Gasteiger partial charge >= 0.3 is 0 Å². The van der Waals surface area contributed by atoms with Crippen LogP contribution in [-0.2, 0) is 4.74 Å². The fraction of sp³-hybridized carbons (Fsp3) is 0.615. The third-order valence-electron chi connectivity index (χ3n) is 3.17. The zero-order valence-electron chi connectivity index (χ0n) is 10.6. The molecule has 1 amide bonds. The molecule has 2 rings (SSSR count). The van der Waals surface area contributed by atoms with E-state index in [1.54, 1.807) is 18.4 Å². The van der Waals surface area contributed by atoms with Gasteiger partial charge in [0, 0.05) is 18.5 Å². The number of hydrogen-bond donors (Lipinski definition) is 0. The largest absolute Gasteiger partial charge is 0.383 e. The summed E-state index contributed by atoms with van der Waals surface area (Å²) in [5.41, 5.74) is 0. The molecule has 1 aliphatic heterocycles. The molecule has 3 nitrogen and oxygen atoms in total. The fourth-order valence-corrected chi connectivity index (χ4v) is 2.96. The van der Waals surface area contributed by atoms with Crippen LogP contribution in [0.2, 0.25) is 0 Å². The van der Waals surface area contributed by atoms with Gasteiger partial charge in [0.2, 0.25) is 0 Å². The summed E-state index contributed by atoms with van der Waals surface area (Å²) in [6.45, 7) is 5.81. The quantitative estimate of drug-likeness (QED) is 0.825. The molecule has 0 bridgehead atoms. The van der Waals surface area contributed by atoms with Crippen molar-refractivity contribution in [3.8, 4) is 0 Å². The minimum absolute atomic E-state index is 0.162. The van der Waals surface area contributed by atoms with Crippen molar-refractivity contribution in [2.24, 2.45) is 0 Å². The van der Waals surface area contributed by atoms with Crippen LogP contribution in [0.5, 0.6) is 0 Å². The lowest BCUT2D eigenvalue weighted by Gasteiger charge is -2.40. The SMILES string of the molecule is COCC1CCN1C(=O)c1ccc(C(C)C)s1. The Kier molecular flexibility index (Phi) is 3.84. The summed E-state index contributed by atoms with van der Waals surface area (Å²) in [7, 11) is 1.68. The molecule has 0 saturated carbocycles. The summed E-state index contributed by atoms with van der Waals surface area (Å²) in [5, 5.41) is 0. The molecule has 1 fully saturated rings. The number of rotatable bonds is 4. The van der Waals surface area contributed by atoms with Gasteiger partial charge in [0.05, 0.1) is 17.5 Å². The summed E-state index contributed by atoms with van der Waals surface area (Å²) in [6, 6.07) is 4.29. The Bertz CT molecular complexity index is 400. The van der Waals surface area contributed by atoms with Crippen molar-refractivity contribution < 1.29 is 9.53 Å². The van der Waals surface area contributed by atoms with Gasteiger partial charge in [0.1, 0.15) is 0 Å². The highest BCUT2D eigenvalue weighted by Gasteiger charge is 2.33. The van der Waals surface area contributed by atoms with Crippen LogP contribution >= 0.6 is 11.3 Å². The molecule has 1 aliphatic rings. The van der Waals surface area contributed by atoms with E-state index in [4.69, 9.17) is 4.74 Å². The Labute approximate surface area is 106 Å². The molecule has 1 aromatic heterocycles. The number of carbonyl (C=O) groups is 1. The van der Waals surface area contributed by atoms with Gasteiger partial charge in [-0.05, 0) is 24.5 Å². The molecule has 94 valence electrons. The third kappa shape index (κ3) is 2.53. The van der Waals surface area contributed by atoms with E-state index in [0.29, 0.717) is 12.5 Å². The van der Waals surface area contributed by atoms with Gasteiger partial charge < -0.3 is 9.64 Å². The average Bonchev–Trinajstić information content (AvgIpc) is 2.73. The van der Waals surface area contributed by atoms with Crippen molar-refractivity contribution in [2.75, 3.05) is 20.3 Å². The van der Waals surface area contributed by atoms with Crippen molar-refractivity contribution in [3.63, 3.8) is 0 Å². The van der Waals surface area contributed by atoms with E-state index in [9.17, 15) is 4.79 Å². The van der Waals surface area contributed by atoms with E-state index in [-0.39, 0.29) is 11.9 Å². The highest BCUT2D eigenvalue weighted by atomic mass is 32.1. The van der Waals surface area contributed by atoms with Crippen molar-refractivity contribution in [3.05, 3.63) is 21.9 Å². The summed E-state index contributed by atoms with van der Waals surface area (Å²) >= 11 is 1.61. The van der Waals surface area contributed by atoms with Crippen molar-refractivity contribution in [1.82, 2.24) is 4.90 Å². The van der Waals surface area contributed by atoms with Crippen LogP contribution in [0.4, 0.5) is 0 Å². The second-order valence-corrected chi connectivity index (χ2v) is 5.87. The number of nitrogens with zero attached hydrogens (tertiary/aromatic N) is 1. The minimum Gasteiger partial charge on any atom is -0.383 e. The van der Waals surface area contributed by atoms with Gasteiger partial charge in [-0.2, -0.15) is 0 Å². The van der Waals surface area contributed by atoms with Crippen molar-refractivity contribution >= 4 is 17.2 Å². The molecule has 1 saturated heterocycles. The van der Waals surface area contributed by atoms with Gasteiger partial charge in [0.15, 0.2) is 0 Å². The van der Waals surface area contributed by atoms with E-state index >= 15 is 0 Å². The monoisotopic (exact) mass is 253 g/mol. The Morgan fingerprint density at radius 3 is 2.82 bits per heavy atom. The summed E-state index contributed by atoms with van der Waals surface area (Å²) in [6.07, 6.45) is 1.06. The van der Waals surface area contributed by atoms with E-state index in [0.717, 1.165) is 17.8 Å². The van der Waals surface area contributed by atoms with Crippen LogP contribution in [0.3, 0.4) is 0 Å². The molecule has 17 heavy (non-hydrogen) atoms. The van der Waals surface area contributed by atoms with Crippen LogP contribution in [0.1, 0.15) is 40.7 Å². The molecule has 0 aliphatic carbocycles. The predicted molar refractivity (Wildman–Crippen MR) is 69.7 cm³/mol. The summed E-state index contributed by atoms with van der Waals surface area (Å²) in [5.74, 6) is 0.655. The number of ether oxygens (including phenoxy) is 1. The predicted octanol–water partition coefficient (Wildman–Crippen LogP) is 2.73. The lowest BCUT2D eigenvalue weighted by atomic mass is 10.0. The molecule has 4 heteroatoms. The maximum absolute atomic E-state index is 12.2. The molecule has 0 aromatic carbocycles. The molecular formula is C13H19NO2S. The Balaban J connectivity index is 2.04. The average molecular weight is 253 g/mol. The molecule has 2 heterocycles. The molecule has 1 aromatic rings. The first-order valence-corrected chi connectivity index (χ1v) is 6.84. The van der Waals surface area contributed by atoms with Gasteiger partial charge in [-0.25, -0.2) is 0 Å². The van der Waals surface area contributed by atoms with E-state index in [1.165, 1.54) is 4.88 Å². The van der Waals surface area contributed by atoms with Crippen LogP contribution in [0.25, 0.3) is 0 Å². The molecule has 0 radical (unpaired) electrons. The van der Waals surface area contributed by atoms with Crippen LogP contribution in [0.15, 0.2) is 12.1 Å². The van der Waals surface area contributed by atoms with E-state index in [1.807, 2.05) is 11.0 Å². The fourth-order valence-electron chi connectivity index (χ4n) is 1.99. The Morgan fingerprint density at radius 2 is 2.35 bits per heavy atom. The van der Waals surface area contributed by atoms with Gasteiger partial charge in [0.25, 0.3) is 5.91 Å². The third-order valence-corrected chi connectivity index (χ3v) is 4.54. The number of thiophene rings is 1. The minimum atomic E-state index is 0.162. The Morgan fingerprint density at radius 1 is 1.59 bits per heavy atom. The van der Waals surface area contributed by atoms with Gasteiger partial charge in [-0.1, -0.05) is 13.8 Å². The highest BCUT2D eigenvalue weighted by molar-refractivity contribution is 7.14. The maximum atomic E-state index is 12.2. The summed E-state index contributed by atoms with van der Waals surface area (Å²) in [4.78, 5) is 16.3. The number of likely N-dealkylation sites (tertiary alicyclic amines) is 1. The molecule has 1 atom stereocenters. The summed E-state index contributed by atoms with van der Waals surface area (Å²) < 4.78 is 5.11. The Hall–Kier alpha value is -0.870. The number of amides is 1.